The standard InChI is InChI=1S/C28H19ClN4O4/c1-18-16-22(32(34)35)13-15-24(18)31-27(20-10-6-3-7-11-20)26(19-8-4-2-5-9-19)30-28(31)21-12-14-23(29)25(17-21)33(36)37/h2-17H,1H3. The summed E-state index contributed by atoms with van der Waals surface area (Å²) in [4.78, 5) is 27.1. The molecule has 0 bridgehead atoms. The highest BCUT2D eigenvalue weighted by Crippen LogP contribution is 2.41. The Morgan fingerprint density at radius 1 is 0.757 bits per heavy atom. The Balaban J connectivity index is 1.90. The monoisotopic (exact) mass is 510 g/mol. The van der Waals surface area contributed by atoms with Gasteiger partial charge in [-0.2, -0.15) is 0 Å². The van der Waals surface area contributed by atoms with Crippen LogP contribution in [0.4, 0.5) is 11.4 Å². The summed E-state index contributed by atoms with van der Waals surface area (Å²) in [6, 6.07) is 28.4. The van der Waals surface area contributed by atoms with Gasteiger partial charge in [-0.05, 0) is 30.7 Å². The Morgan fingerprint density at radius 2 is 1.41 bits per heavy atom. The van der Waals surface area contributed by atoms with Gasteiger partial charge in [0.05, 0.1) is 26.9 Å². The number of nitro benzene ring substituents is 2. The molecule has 1 heterocycles. The molecule has 0 saturated carbocycles. The lowest BCUT2D eigenvalue weighted by Gasteiger charge is -2.16. The average Bonchev–Trinajstić information content (AvgIpc) is 3.30. The molecule has 0 radical (unpaired) electrons. The van der Waals surface area contributed by atoms with Crippen molar-refractivity contribution in [1.29, 1.82) is 0 Å². The van der Waals surface area contributed by atoms with E-state index in [0.29, 0.717) is 28.3 Å². The van der Waals surface area contributed by atoms with Gasteiger partial charge in [0.2, 0.25) is 0 Å². The lowest BCUT2D eigenvalue weighted by atomic mass is 10.0. The molecule has 0 aliphatic carbocycles. The summed E-state index contributed by atoms with van der Waals surface area (Å²) in [5.74, 6) is 0.439. The summed E-state index contributed by atoms with van der Waals surface area (Å²) in [6.07, 6.45) is 0. The molecule has 0 unspecified atom stereocenters. The van der Waals surface area contributed by atoms with Crippen LogP contribution in [0, 0.1) is 27.2 Å². The predicted molar refractivity (Wildman–Crippen MR) is 143 cm³/mol. The Labute approximate surface area is 216 Å². The van der Waals surface area contributed by atoms with E-state index < -0.39 is 9.85 Å². The molecular formula is C28H19ClN4O4. The molecule has 0 atom stereocenters. The Hall–Kier alpha value is -4.82. The van der Waals surface area contributed by atoms with Crippen LogP contribution in [0.1, 0.15) is 5.56 Å². The maximum Gasteiger partial charge on any atom is 0.288 e. The second-order valence-corrected chi connectivity index (χ2v) is 8.76. The number of aryl methyl sites for hydroxylation is 1. The number of nitro groups is 2. The molecule has 4 aromatic carbocycles. The molecule has 0 aliphatic rings. The summed E-state index contributed by atoms with van der Waals surface area (Å²) >= 11 is 6.10. The third kappa shape index (κ3) is 4.46. The fourth-order valence-corrected chi connectivity index (χ4v) is 4.49. The molecule has 0 N–H and O–H groups in total. The lowest BCUT2D eigenvalue weighted by Crippen LogP contribution is -2.03. The van der Waals surface area contributed by atoms with E-state index in [-0.39, 0.29) is 16.4 Å². The van der Waals surface area contributed by atoms with Crippen LogP contribution in [-0.4, -0.2) is 19.4 Å². The molecule has 0 fully saturated rings. The molecule has 182 valence electrons. The van der Waals surface area contributed by atoms with Gasteiger partial charge in [-0.15, -0.1) is 0 Å². The lowest BCUT2D eigenvalue weighted by molar-refractivity contribution is -0.385. The van der Waals surface area contributed by atoms with E-state index in [1.165, 1.54) is 24.3 Å². The summed E-state index contributed by atoms with van der Waals surface area (Å²) < 4.78 is 1.89. The highest BCUT2D eigenvalue weighted by Gasteiger charge is 2.25. The number of hydrogen-bond donors (Lipinski definition) is 0. The summed E-state index contributed by atoms with van der Waals surface area (Å²) in [7, 11) is 0. The maximum atomic E-state index is 11.7. The van der Waals surface area contributed by atoms with Crippen LogP contribution in [0.2, 0.25) is 5.02 Å². The summed E-state index contributed by atoms with van der Waals surface area (Å²) in [6.45, 7) is 1.79. The topological polar surface area (TPSA) is 104 Å². The van der Waals surface area contributed by atoms with E-state index in [2.05, 4.69) is 0 Å². The third-order valence-electron chi connectivity index (χ3n) is 6.00. The van der Waals surface area contributed by atoms with Crippen molar-refractivity contribution in [2.24, 2.45) is 0 Å². The highest BCUT2D eigenvalue weighted by molar-refractivity contribution is 6.32. The molecule has 0 amide bonds. The number of aromatic nitrogens is 2. The zero-order valence-corrected chi connectivity index (χ0v) is 20.3. The number of benzene rings is 4. The molecule has 1 aromatic heterocycles. The van der Waals surface area contributed by atoms with Gasteiger partial charge >= 0.3 is 0 Å². The first-order chi connectivity index (χ1) is 17.8. The van der Waals surface area contributed by atoms with Crippen LogP contribution in [-0.2, 0) is 0 Å². The van der Waals surface area contributed by atoms with Gasteiger partial charge in [0.15, 0.2) is 0 Å². The van der Waals surface area contributed by atoms with E-state index in [9.17, 15) is 20.2 Å². The quantitative estimate of drug-likeness (QED) is 0.172. The number of imidazole rings is 1. The van der Waals surface area contributed by atoms with Crippen molar-refractivity contribution in [3.8, 4) is 39.6 Å². The second-order valence-electron chi connectivity index (χ2n) is 8.35. The Kier molecular flexibility index (Phi) is 6.25. The van der Waals surface area contributed by atoms with Gasteiger partial charge in [0.25, 0.3) is 11.4 Å². The van der Waals surface area contributed by atoms with E-state index in [4.69, 9.17) is 16.6 Å². The summed E-state index contributed by atoms with van der Waals surface area (Å²) in [5.41, 5.74) is 4.64. The first kappa shape index (κ1) is 23.9. The second kappa shape index (κ2) is 9.67. The number of non-ortho nitro benzene ring substituents is 1. The molecule has 8 nitrogen and oxygen atoms in total. The van der Waals surface area contributed by atoms with Crippen LogP contribution in [0.3, 0.4) is 0 Å². The molecule has 5 aromatic rings. The Bertz CT molecular complexity index is 1650. The van der Waals surface area contributed by atoms with Gasteiger partial charge in [-0.1, -0.05) is 72.3 Å². The van der Waals surface area contributed by atoms with Gasteiger partial charge in [0.1, 0.15) is 10.8 Å². The fourth-order valence-electron chi connectivity index (χ4n) is 4.30. The van der Waals surface area contributed by atoms with E-state index in [1.807, 2.05) is 65.2 Å². The van der Waals surface area contributed by atoms with Crippen LogP contribution in [0.25, 0.3) is 39.6 Å². The smallest absolute Gasteiger partial charge is 0.288 e. The summed E-state index contributed by atoms with van der Waals surface area (Å²) in [5, 5.41) is 23.1. The van der Waals surface area contributed by atoms with E-state index in [1.54, 1.807) is 19.1 Å². The first-order valence-corrected chi connectivity index (χ1v) is 11.7. The average molecular weight is 511 g/mol. The van der Waals surface area contributed by atoms with E-state index >= 15 is 0 Å². The number of hydrogen-bond acceptors (Lipinski definition) is 5. The van der Waals surface area contributed by atoms with Crippen LogP contribution in [0.5, 0.6) is 0 Å². The SMILES string of the molecule is Cc1cc([N+](=O)[O-])ccc1-n1c(-c2ccc(Cl)c([N+](=O)[O-])c2)nc(-c2ccccc2)c1-c1ccccc1. The van der Waals surface area contributed by atoms with Gasteiger partial charge in [-0.3, -0.25) is 24.8 Å². The number of nitrogens with zero attached hydrogens (tertiary/aromatic N) is 4. The van der Waals surface area contributed by atoms with E-state index in [0.717, 1.165) is 16.8 Å². The molecule has 0 spiro atoms. The van der Waals surface area contributed by atoms with Gasteiger partial charge in [-0.25, -0.2) is 4.98 Å². The third-order valence-corrected chi connectivity index (χ3v) is 6.32. The van der Waals surface area contributed by atoms with Gasteiger partial charge in [0, 0.05) is 34.9 Å². The number of halogens is 1. The minimum atomic E-state index is -0.535. The van der Waals surface area contributed by atoms with Crippen molar-refractivity contribution in [3.05, 3.63) is 128 Å². The molecule has 37 heavy (non-hydrogen) atoms. The molecule has 0 aliphatic heterocycles. The molecule has 0 saturated heterocycles. The van der Waals surface area contributed by atoms with Crippen molar-refractivity contribution < 1.29 is 9.85 Å². The van der Waals surface area contributed by atoms with Gasteiger partial charge < -0.3 is 0 Å². The zero-order valence-electron chi connectivity index (χ0n) is 19.5. The van der Waals surface area contributed by atoms with Crippen LogP contribution < -0.4 is 0 Å². The minimum Gasteiger partial charge on any atom is -0.291 e. The van der Waals surface area contributed by atoms with Crippen molar-refractivity contribution in [2.75, 3.05) is 0 Å². The normalized spacial score (nSPS) is 10.9. The zero-order chi connectivity index (χ0) is 26.1. The fraction of sp³-hybridized carbons (Fsp3) is 0.0357. The van der Waals surface area contributed by atoms with Crippen molar-refractivity contribution in [3.63, 3.8) is 0 Å². The molecule has 9 heteroatoms. The van der Waals surface area contributed by atoms with Crippen LogP contribution >= 0.6 is 11.6 Å². The van der Waals surface area contributed by atoms with Crippen molar-refractivity contribution in [2.45, 2.75) is 6.92 Å². The minimum absolute atomic E-state index is 0.0185. The largest absolute Gasteiger partial charge is 0.291 e. The first-order valence-electron chi connectivity index (χ1n) is 11.3. The Morgan fingerprint density at radius 3 is 2.00 bits per heavy atom. The van der Waals surface area contributed by atoms with Crippen molar-refractivity contribution in [1.82, 2.24) is 9.55 Å². The number of rotatable bonds is 6. The highest BCUT2D eigenvalue weighted by atomic mass is 35.5. The molecule has 5 rings (SSSR count). The molecular weight excluding hydrogens is 492 g/mol. The van der Waals surface area contributed by atoms with Crippen LogP contribution in [0.15, 0.2) is 97.1 Å². The predicted octanol–water partition coefficient (Wildman–Crippen LogP) is 7.65. The maximum absolute atomic E-state index is 11.7. The van der Waals surface area contributed by atoms with Crippen molar-refractivity contribution >= 4 is 23.0 Å².